The molecule has 0 radical (unpaired) electrons. The molecule has 20 heavy (non-hydrogen) atoms. The normalized spacial score (nSPS) is 18.1. The fraction of sp³-hybridized carbons (Fsp3) is 0.278. The average molecular weight is 266 g/mol. The zero-order valence-electron chi connectivity index (χ0n) is 11.6. The van der Waals surface area contributed by atoms with Crippen LogP contribution in [-0.2, 0) is 9.53 Å². The third kappa shape index (κ3) is 2.34. The standard InChI is InChI=1S/C18H18O2/c1-2-3-11-17-16(12-18(19)20-17)15-10-6-8-13-7-4-5-9-14(13)15/h4-10,12,17H,2-3,11H2,1H3. The van der Waals surface area contributed by atoms with Gasteiger partial charge in [0.25, 0.3) is 0 Å². The van der Waals surface area contributed by atoms with Crippen LogP contribution in [0, 0.1) is 0 Å². The molecule has 0 amide bonds. The Morgan fingerprint density at radius 1 is 1.10 bits per heavy atom. The number of carbonyl (C=O) groups is 1. The number of rotatable bonds is 4. The van der Waals surface area contributed by atoms with Crippen LogP contribution < -0.4 is 0 Å². The average Bonchev–Trinajstić information content (AvgIpc) is 2.85. The van der Waals surface area contributed by atoms with Crippen molar-refractivity contribution in [1.29, 1.82) is 0 Å². The Balaban J connectivity index is 2.05. The summed E-state index contributed by atoms with van der Waals surface area (Å²) < 4.78 is 5.45. The quantitative estimate of drug-likeness (QED) is 0.769. The van der Waals surface area contributed by atoms with Crippen LogP contribution in [0.25, 0.3) is 16.3 Å². The van der Waals surface area contributed by atoms with E-state index in [1.54, 1.807) is 6.08 Å². The summed E-state index contributed by atoms with van der Waals surface area (Å²) in [4.78, 5) is 11.6. The molecule has 2 heteroatoms. The lowest BCUT2D eigenvalue weighted by Gasteiger charge is -2.15. The van der Waals surface area contributed by atoms with Crippen molar-refractivity contribution in [2.45, 2.75) is 32.3 Å². The highest BCUT2D eigenvalue weighted by Crippen LogP contribution is 2.33. The van der Waals surface area contributed by atoms with E-state index in [0.717, 1.165) is 30.4 Å². The lowest BCUT2D eigenvalue weighted by atomic mass is 9.93. The van der Waals surface area contributed by atoms with E-state index >= 15 is 0 Å². The van der Waals surface area contributed by atoms with E-state index in [9.17, 15) is 4.79 Å². The molecule has 2 nitrogen and oxygen atoms in total. The van der Waals surface area contributed by atoms with Crippen LogP contribution in [0.5, 0.6) is 0 Å². The molecule has 0 bridgehead atoms. The fourth-order valence-electron chi connectivity index (χ4n) is 2.79. The van der Waals surface area contributed by atoms with Crippen LogP contribution in [0.15, 0.2) is 48.5 Å². The molecule has 1 aliphatic rings. The van der Waals surface area contributed by atoms with Gasteiger partial charge >= 0.3 is 5.97 Å². The number of unbranched alkanes of at least 4 members (excludes halogenated alkanes) is 1. The lowest BCUT2D eigenvalue weighted by molar-refractivity contribution is -0.138. The van der Waals surface area contributed by atoms with Crippen LogP contribution in [-0.4, -0.2) is 12.1 Å². The predicted molar refractivity (Wildman–Crippen MR) is 81.3 cm³/mol. The Bertz CT molecular complexity index is 665. The first-order valence-corrected chi connectivity index (χ1v) is 7.20. The van der Waals surface area contributed by atoms with Gasteiger partial charge in [0, 0.05) is 11.6 Å². The molecule has 0 spiro atoms. The highest BCUT2D eigenvalue weighted by Gasteiger charge is 2.27. The molecule has 2 aromatic rings. The second-order valence-electron chi connectivity index (χ2n) is 5.19. The molecule has 1 atom stereocenters. The molecule has 1 aliphatic heterocycles. The second kappa shape index (κ2) is 5.49. The van der Waals surface area contributed by atoms with Crippen molar-refractivity contribution in [3.63, 3.8) is 0 Å². The highest BCUT2D eigenvalue weighted by molar-refractivity contribution is 6.03. The zero-order chi connectivity index (χ0) is 13.9. The van der Waals surface area contributed by atoms with Crippen molar-refractivity contribution in [2.75, 3.05) is 0 Å². The van der Waals surface area contributed by atoms with Crippen molar-refractivity contribution in [2.24, 2.45) is 0 Å². The number of cyclic esters (lactones) is 1. The minimum Gasteiger partial charge on any atom is -0.454 e. The highest BCUT2D eigenvalue weighted by atomic mass is 16.5. The van der Waals surface area contributed by atoms with Gasteiger partial charge in [0.2, 0.25) is 0 Å². The smallest absolute Gasteiger partial charge is 0.331 e. The lowest BCUT2D eigenvalue weighted by Crippen LogP contribution is -2.11. The Morgan fingerprint density at radius 2 is 1.90 bits per heavy atom. The maximum absolute atomic E-state index is 11.6. The number of fused-ring (bicyclic) bond motifs is 1. The number of hydrogen-bond acceptors (Lipinski definition) is 2. The fourth-order valence-corrected chi connectivity index (χ4v) is 2.79. The molecule has 0 fully saturated rings. The summed E-state index contributed by atoms with van der Waals surface area (Å²) in [5, 5.41) is 2.38. The van der Waals surface area contributed by atoms with E-state index < -0.39 is 0 Å². The first-order valence-electron chi connectivity index (χ1n) is 7.20. The first-order chi connectivity index (χ1) is 9.79. The second-order valence-corrected chi connectivity index (χ2v) is 5.19. The van der Waals surface area contributed by atoms with Crippen molar-refractivity contribution in [1.82, 2.24) is 0 Å². The van der Waals surface area contributed by atoms with Gasteiger partial charge in [-0.3, -0.25) is 0 Å². The third-order valence-corrected chi connectivity index (χ3v) is 3.80. The number of ether oxygens (including phenoxy) is 1. The molecule has 1 heterocycles. The van der Waals surface area contributed by atoms with Gasteiger partial charge in [-0.2, -0.15) is 0 Å². The molecule has 0 aliphatic carbocycles. The summed E-state index contributed by atoms with van der Waals surface area (Å²) in [7, 11) is 0. The molecular weight excluding hydrogens is 248 g/mol. The number of hydrogen-bond donors (Lipinski definition) is 0. The maximum Gasteiger partial charge on any atom is 0.331 e. The molecule has 0 saturated heterocycles. The molecule has 2 aromatic carbocycles. The van der Waals surface area contributed by atoms with E-state index in [1.807, 2.05) is 18.2 Å². The Kier molecular flexibility index (Phi) is 3.55. The minimum atomic E-state index is -0.214. The summed E-state index contributed by atoms with van der Waals surface area (Å²) in [5.41, 5.74) is 2.15. The number of benzene rings is 2. The summed E-state index contributed by atoms with van der Waals surface area (Å²) in [6.45, 7) is 2.15. The minimum absolute atomic E-state index is 0.0896. The van der Waals surface area contributed by atoms with Gasteiger partial charge in [-0.05, 0) is 29.2 Å². The van der Waals surface area contributed by atoms with Gasteiger partial charge in [0.1, 0.15) is 6.10 Å². The largest absolute Gasteiger partial charge is 0.454 e. The number of esters is 1. The molecular formula is C18H18O2. The van der Waals surface area contributed by atoms with E-state index in [4.69, 9.17) is 4.74 Å². The SMILES string of the molecule is CCCCC1OC(=O)C=C1c1cccc2ccccc12. The summed E-state index contributed by atoms with van der Waals surface area (Å²) in [6, 6.07) is 14.5. The molecule has 0 saturated carbocycles. The molecule has 1 unspecified atom stereocenters. The molecule has 0 aromatic heterocycles. The predicted octanol–water partition coefficient (Wildman–Crippen LogP) is 4.34. The van der Waals surface area contributed by atoms with Gasteiger partial charge in [-0.15, -0.1) is 0 Å². The Hall–Kier alpha value is -2.09. The zero-order valence-corrected chi connectivity index (χ0v) is 11.6. The summed E-state index contributed by atoms with van der Waals surface area (Å²) in [5.74, 6) is -0.214. The van der Waals surface area contributed by atoms with E-state index in [2.05, 4.69) is 31.2 Å². The van der Waals surface area contributed by atoms with Crippen LogP contribution in [0.3, 0.4) is 0 Å². The van der Waals surface area contributed by atoms with Crippen molar-refractivity contribution in [3.05, 3.63) is 54.1 Å². The van der Waals surface area contributed by atoms with Crippen LogP contribution in [0.1, 0.15) is 31.7 Å². The van der Waals surface area contributed by atoms with Gasteiger partial charge < -0.3 is 4.74 Å². The number of carbonyl (C=O) groups excluding carboxylic acids is 1. The molecule has 0 N–H and O–H groups in total. The van der Waals surface area contributed by atoms with Gasteiger partial charge in [0.05, 0.1) is 0 Å². The Labute approximate surface area is 119 Å². The van der Waals surface area contributed by atoms with E-state index in [1.165, 1.54) is 10.8 Å². The van der Waals surface area contributed by atoms with Crippen molar-refractivity contribution >= 4 is 22.3 Å². The van der Waals surface area contributed by atoms with Gasteiger partial charge in [-0.25, -0.2) is 4.79 Å². The molecule has 3 rings (SSSR count). The first kappa shape index (κ1) is 12.9. The van der Waals surface area contributed by atoms with Crippen LogP contribution in [0.4, 0.5) is 0 Å². The molecule has 102 valence electrons. The van der Waals surface area contributed by atoms with Gasteiger partial charge in [0.15, 0.2) is 0 Å². The van der Waals surface area contributed by atoms with Crippen molar-refractivity contribution < 1.29 is 9.53 Å². The third-order valence-electron chi connectivity index (χ3n) is 3.80. The van der Waals surface area contributed by atoms with Gasteiger partial charge in [-0.1, -0.05) is 55.8 Å². The topological polar surface area (TPSA) is 26.3 Å². The summed E-state index contributed by atoms with van der Waals surface area (Å²) in [6.07, 6.45) is 4.64. The summed E-state index contributed by atoms with van der Waals surface area (Å²) >= 11 is 0. The van der Waals surface area contributed by atoms with Crippen molar-refractivity contribution in [3.8, 4) is 0 Å². The maximum atomic E-state index is 11.6. The van der Waals surface area contributed by atoms with E-state index in [0.29, 0.717) is 0 Å². The van der Waals surface area contributed by atoms with Crippen LogP contribution >= 0.6 is 0 Å². The van der Waals surface area contributed by atoms with Crippen LogP contribution in [0.2, 0.25) is 0 Å². The Morgan fingerprint density at radius 3 is 2.75 bits per heavy atom. The van der Waals surface area contributed by atoms with E-state index in [-0.39, 0.29) is 12.1 Å². The monoisotopic (exact) mass is 266 g/mol.